The number of likely N-dealkylation sites (N-methyl/N-ethyl adjacent to an activating group) is 1. The predicted molar refractivity (Wildman–Crippen MR) is 30.4 cm³/mol. The van der Waals surface area contributed by atoms with Crippen molar-refractivity contribution in [2.75, 3.05) is 20.3 Å². The Morgan fingerprint density at radius 3 is 2.44 bits per heavy atom. The van der Waals surface area contributed by atoms with E-state index < -0.39 is 6.09 Å². The van der Waals surface area contributed by atoms with Gasteiger partial charge in [0, 0.05) is 7.05 Å². The lowest BCUT2D eigenvalue weighted by Gasteiger charge is -2.32. The molecule has 1 N–H and O–H groups in total. The van der Waals surface area contributed by atoms with Crippen LogP contribution >= 0.6 is 0 Å². The molecule has 1 fully saturated rings. The molecule has 1 saturated heterocycles. The second-order valence-corrected chi connectivity index (χ2v) is 2.08. The Bertz CT molecular complexity index is 121. The van der Waals surface area contributed by atoms with E-state index in [1.165, 1.54) is 4.90 Å². The molecule has 52 valence electrons. The van der Waals surface area contributed by atoms with E-state index in [-0.39, 0.29) is 6.04 Å². The average Bonchev–Trinajstić information content (AvgIpc) is 1.60. The van der Waals surface area contributed by atoms with E-state index in [9.17, 15) is 4.79 Å². The number of nitrogens with zero attached hydrogens (tertiary/aromatic N) is 1. The average molecular weight is 131 g/mol. The zero-order valence-corrected chi connectivity index (χ0v) is 5.20. The van der Waals surface area contributed by atoms with Crippen LogP contribution in [0.1, 0.15) is 0 Å². The minimum Gasteiger partial charge on any atom is -0.465 e. The first-order valence-electron chi connectivity index (χ1n) is 2.75. The van der Waals surface area contributed by atoms with Crippen LogP contribution in [0.15, 0.2) is 0 Å². The summed E-state index contributed by atoms with van der Waals surface area (Å²) in [5.74, 6) is 0. The van der Waals surface area contributed by atoms with Gasteiger partial charge in [0.15, 0.2) is 0 Å². The molecule has 9 heavy (non-hydrogen) atoms. The standard InChI is InChI=1S/C5H9NO3/c1-6(5(7)8)4-2-9-3-4/h4H,2-3H2,1H3,(H,7,8). The van der Waals surface area contributed by atoms with Crippen LogP contribution < -0.4 is 0 Å². The van der Waals surface area contributed by atoms with Crippen LogP contribution in [0.25, 0.3) is 0 Å². The molecule has 0 aromatic heterocycles. The third kappa shape index (κ3) is 1.13. The van der Waals surface area contributed by atoms with Gasteiger partial charge in [-0.15, -0.1) is 0 Å². The van der Waals surface area contributed by atoms with Gasteiger partial charge in [-0.05, 0) is 0 Å². The molecule has 0 aromatic carbocycles. The summed E-state index contributed by atoms with van der Waals surface area (Å²) in [4.78, 5) is 11.5. The summed E-state index contributed by atoms with van der Waals surface area (Å²) in [7, 11) is 1.55. The number of hydrogen-bond acceptors (Lipinski definition) is 2. The Labute approximate surface area is 53.0 Å². The fourth-order valence-corrected chi connectivity index (χ4v) is 0.603. The molecule has 0 aliphatic carbocycles. The first-order chi connectivity index (χ1) is 4.22. The SMILES string of the molecule is CN(C(=O)O)C1COC1. The lowest BCUT2D eigenvalue weighted by molar-refractivity contribution is -0.0482. The van der Waals surface area contributed by atoms with Crippen molar-refractivity contribution in [3.05, 3.63) is 0 Å². The quantitative estimate of drug-likeness (QED) is 0.544. The Morgan fingerprint density at radius 2 is 2.33 bits per heavy atom. The van der Waals surface area contributed by atoms with E-state index in [1.54, 1.807) is 7.05 Å². The van der Waals surface area contributed by atoms with Crippen LogP contribution in [0, 0.1) is 0 Å². The van der Waals surface area contributed by atoms with Crippen molar-refractivity contribution in [1.82, 2.24) is 4.90 Å². The molecular weight excluding hydrogens is 122 g/mol. The molecule has 0 atom stereocenters. The van der Waals surface area contributed by atoms with Crippen molar-refractivity contribution < 1.29 is 14.6 Å². The largest absolute Gasteiger partial charge is 0.465 e. The molecular formula is C5H9NO3. The maximum absolute atomic E-state index is 10.2. The van der Waals surface area contributed by atoms with E-state index in [4.69, 9.17) is 9.84 Å². The number of carboxylic acid groups (broad SMARTS) is 1. The van der Waals surface area contributed by atoms with Crippen LogP contribution in [-0.2, 0) is 4.74 Å². The van der Waals surface area contributed by atoms with Crippen molar-refractivity contribution in [2.45, 2.75) is 6.04 Å². The van der Waals surface area contributed by atoms with Crippen LogP contribution in [0.2, 0.25) is 0 Å². The summed E-state index contributed by atoms with van der Waals surface area (Å²) in [5, 5.41) is 8.39. The number of amides is 1. The number of hydrogen-bond donors (Lipinski definition) is 1. The molecule has 0 unspecified atom stereocenters. The lowest BCUT2D eigenvalue weighted by Crippen LogP contribution is -2.49. The zero-order valence-electron chi connectivity index (χ0n) is 5.20. The highest BCUT2D eigenvalue weighted by molar-refractivity contribution is 5.65. The summed E-state index contributed by atoms with van der Waals surface area (Å²) in [6.07, 6.45) is -0.886. The summed E-state index contributed by atoms with van der Waals surface area (Å²) in [5.41, 5.74) is 0. The summed E-state index contributed by atoms with van der Waals surface area (Å²) < 4.78 is 4.80. The van der Waals surface area contributed by atoms with Crippen molar-refractivity contribution in [2.24, 2.45) is 0 Å². The fraction of sp³-hybridized carbons (Fsp3) is 0.800. The van der Waals surface area contributed by atoms with E-state index in [0.29, 0.717) is 13.2 Å². The lowest BCUT2D eigenvalue weighted by atomic mass is 10.2. The number of ether oxygens (including phenoxy) is 1. The molecule has 1 amide bonds. The maximum atomic E-state index is 10.2. The zero-order chi connectivity index (χ0) is 6.85. The van der Waals surface area contributed by atoms with Gasteiger partial charge in [-0.25, -0.2) is 4.79 Å². The molecule has 0 saturated carbocycles. The molecule has 1 rings (SSSR count). The van der Waals surface area contributed by atoms with Crippen molar-refractivity contribution in [3.63, 3.8) is 0 Å². The summed E-state index contributed by atoms with van der Waals surface area (Å²) >= 11 is 0. The van der Waals surface area contributed by atoms with Gasteiger partial charge >= 0.3 is 6.09 Å². The molecule has 0 aromatic rings. The van der Waals surface area contributed by atoms with Crippen LogP contribution in [0.5, 0.6) is 0 Å². The van der Waals surface area contributed by atoms with Crippen molar-refractivity contribution in [3.8, 4) is 0 Å². The van der Waals surface area contributed by atoms with Gasteiger partial charge in [-0.3, -0.25) is 0 Å². The van der Waals surface area contributed by atoms with E-state index in [2.05, 4.69) is 0 Å². The molecule has 4 heteroatoms. The van der Waals surface area contributed by atoms with Gasteiger partial charge in [0.25, 0.3) is 0 Å². The molecule has 1 heterocycles. The van der Waals surface area contributed by atoms with E-state index in [1.807, 2.05) is 0 Å². The summed E-state index contributed by atoms with van der Waals surface area (Å²) in [6.45, 7) is 1.09. The monoisotopic (exact) mass is 131 g/mol. The van der Waals surface area contributed by atoms with E-state index in [0.717, 1.165) is 0 Å². The normalized spacial score (nSPS) is 18.8. The van der Waals surface area contributed by atoms with E-state index >= 15 is 0 Å². The first kappa shape index (κ1) is 6.35. The smallest absolute Gasteiger partial charge is 0.407 e. The first-order valence-corrected chi connectivity index (χ1v) is 2.75. The molecule has 0 spiro atoms. The molecule has 1 aliphatic heterocycles. The van der Waals surface area contributed by atoms with Gasteiger partial charge in [0.2, 0.25) is 0 Å². The highest BCUT2D eigenvalue weighted by Crippen LogP contribution is 2.07. The van der Waals surface area contributed by atoms with Crippen LogP contribution in [0.4, 0.5) is 4.79 Å². The molecule has 4 nitrogen and oxygen atoms in total. The second kappa shape index (κ2) is 2.23. The highest BCUT2D eigenvalue weighted by atomic mass is 16.5. The minimum atomic E-state index is -0.886. The van der Waals surface area contributed by atoms with Gasteiger partial charge in [-0.1, -0.05) is 0 Å². The van der Waals surface area contributed by atoms with Crippen molar-refractivity contribution in [1.29, 1.82) is 0 Å². The number of rotatable bonds is 1. The Balaban J connectivity index is 2.32. The van der Waals surface area contributed by atoms with Crippen LogP contribution in [0.3, 0.4) is 0 Å². The summed E-state index contributed by atoms with van der Waals surface area (Å²) in [6, 6.07) is 0.0856. The highest BCUT2D eigenvalue weighted by Gasteiger charge is 2.25. The Morgan fingerprint density at radius 1 is 1.78 bits per heavy atom. The molecule has 0 bridgehead atoms. The third-order valence-electron chi connectivity index (χ3n) is 1.47. The third-order valence-corrected chi connectivity index (χ3v) is 1.47. The minimum absolute atomic E-state index is 0.0856. The molecule has 0 radical (unpaired) electrons. The van der Waals surface area contributed by atoms with Gasteiger partial charge in [-0.2, -0.15) is 0 Å². The van der Waals surface area contributed by atoms with Crippen molar-refractivity contribution >= 4 is 6.09 Å². The Hall–Kier alpha value is -0.770. The topological polar surface area (TPSA) is 49.8 Å². The molecule has 1 aliphatic rings. The predicted octanol–water partition coefficient (Wildman–Crippen LogP) is -0.00500. The van der Waals surface area contributed by atoms with Gasteiger partial charge in [0.05, 0.1) is 19.3 Å². The number of carbonyl (C=O) groups is 1. The Kier molecular flexibility index (Phi) is 1.57. The fourth-order valence-electron chi connectivity index (χ4n) is 0.603. The van der Waals surface area contributed by atoms with Crippen LogP contribution in [-0.4, -0.2) is 42.4 Å². The van der Waals surface area contributed by atoms with Gasteiger partial charge < -0.3 is 14.7 Å². The van der Waals surface area contributed by atoms with Gasteiger partial charge in [0.1, 0.15) is 0 Å². The second-order valence-electron chi connectivity index (χ2n) is 2.08. The maximum Gasteiger partial charge on any atom is 0.407 e.